The van der Waals surface area contributed by atoms with Gasteiger partial charge in [-0.2, -0.15) is 11.8 Å². The molecule has 3 N–H and O–H groups in total. The summed E-state index contributed by atoms with van der Waals surface area (Å²) in [7, 11) is 2.06. The predicted octanol–water partition coefficient (Wildman–Crippen LogP) is 2.59. The van der Waals surface area contributed by atoms with Gasteiger partial charge >= 0.3 is 0 Å². The van der Waals surface area contributed by atoms with Gasteiger partial charge in [0, 0.05) is 36.1 Å². The van der Waals surface area contributed by atoms with Gasteiger partial charge in [-0.05, 0) is 44.8 Å². The van der Waals surface area contributed by atoms with Gasteiger partial charge in [0.15, 0.2) is 0 Å². The van der Waals surface area contributed by atoms with E-state index in [0.717, 1.165) is 23.5 Å². The molecule has 0 radical (unpaired) electrons. The number of aryl methyl sites for hydroxylation is 1. The summed E-state index contributed by atoms with van der Waals surface area (Å²) in [5.41, 5.74) is 8.23. The molecule has 0 aliphatic rings. The molecule has 0 saturated heterocycles. The number of anilines is 2. The summed E-state index contributed by atoms with van der Waals surface area (Å²) in [5.74, 6) is 1.11. The van der Waals surface area contributed by atoms with E-state index in [-0.39, 0.29) is 5.91 Å². The zero-order valence-electron chi connectivity index (χ0n) is 12.8. The first kappa shape index (κ1) is 16.9. The standard InChI is InChI=1S/C15H25N3OS/c1-11-5-6-13(16)9-14(11)17-15(19)7-8-18(3)12(2)10-20-4/h5-6,9,12H,7-8,10,16H2,1-4H3,(H,17,19). The number of carbonyl (C=O) groups is 1. The summed E-state index contributed by atoms with van der Waals surface area (Å²) in [4.78, 5) is 14.2. The lowest BCUT2D eigenvalue weighted by molar-refractivity contribution is -0.116. The first-order valence-corrected chi connectivity index (χ1v) is 8.18. The van der Waals surface area contributed by atoms with Crippen molar-refractivity contribution in [2.45, 2.75) is 26.3 Å². The van der Waals surface area contributed by atoms with Gasteiger partial charge < -0.3 is 16.0 Å². The van der Waals surface area contributed by atoms with Crippen LogP contribution in [0, 0.1) is 6.92 Å². The summed E-state index contributed by atoms with van der Waals surface area (Å²) in [6.45, 7) is 4.90. The fourth-order valence-electron chi connectivity index (χ4n) is 1.85. The molecule has 0 aromatic heterocycles. The fourth-order valence-corrected chi connectivity index (χ4v) is 2.59. The van der Waals surface area contributed by atoms with E-state index >= 15 is 0 Å². The molecule has 0 spiro atoms. The van der Waals surface area contributed by atoms with Crippen molar-refractivity contribution in [2.24, 2.45) is 0 Å². The molecule has 1 aromatic carbocycles. The Morgan fingerprint density at radius 2 is 2.20 bits per heavy atom. The maximum Gasteiger partial charge on any atom is 0.225 e. The highest BCUT2D eigenvalue weighted by Gasteiger charge is 2.11. The van der Waals surface area contributed by atoms with Gasteiger partial charge in [0.2, 0.25) is 5.91 Å². The van der Waals surface area contributed by atoms with Crippen molar-refractivity contribution in [1.29, 1.82) is 0 Å². The third-order valence-corrected chi connectivity index (χ3v) is 4.20. The summed E-state index contributed by atoms with van der Waals surface area (Å²) < 4.78 is 0. The third kappa shape index (κ3) is 5.43. The van der Waals surface area contributed by atoms with Gasteiger partial charge in [-0.1, -0.05) is 6.07 Å². The number of amides is 1. The van der Waals surface area contributed by atoms with Gasteiger partial charge in [-0.25, -0.2) is 0 Å². The van der Waals surface area contributed by atoms with Crippen LogP contribution in [0.4, 0.5) is 11.4 Å². The molecular weight excluding hydrogens is 270 g/mol. The Labute approximate surface area is 126 Å². The molecule has 0 bridgehead atoms. The molecule has 1 atom stereocenters. The Hall–Kier alpha value is -1.20. The molecule has 0 saturated carbocycles. The molecule has 4 nitrogen and oxygen atoms in total. The van der Waals surface area contributed by atoms with Crippen molar-refractivity contribution in [2.75, 3.05) is 36.7 Å². The molecule has 1 rings (SSSR count). The van der Waals surface area contributed by atoms with Crippen LogP contribution in [0.25, 0.3) is 0 Å². The van der Waals surface area contributed by atoms with Gasteiger partial charge in [0.25, 0.3) is 0 Å². The van der Waals surface area contributed by atoms with Crippen molar-refractivity contribution in [1.82, 2.24) is 4.90 Å². The van der Waals surface area contributed by atoms with Gasteiger partial charge in [0.05, 0.1) is 0 Å². The monoisotopic (exact) mass is 295 g/mol. The number of nitrogens with one attached hydrogen (secondary N) is 1. The summed E-state index contributed by atoms with van der Waals surface area (Å²) in [6.07, 6.45) is 2.59. The van der Waals surface area contributed by atoms with Crippen molar-refractivity contribution < 1.29 is 4.79 Å². The fraction of sp³-hybridized carbons (Fsp3) is 0.533. The van der Waals surface area contributed by atoms with E-state index in [9.17, 15) is 4.79 Å². The van der Waals surface area contributed by atoms with Crippen LogP contribution in [0.5, 0.6) is 0 Å². The first-order chi connectivity index (χ1) is 9.43. The van der Waals surface area contributed by atoms with Gasteiger partial charge in [0.1, 0.15) is 0 Å². The number of hydrogen-bond donors (Lipinski definition) is 2. The Kier molecular flexibility index (Phi) is 6.88. The number of nitrogen functional groups attached to an aromatic ring is 1. The van der Waals surface area contributed by atoms with Crippen molar-refractivity contribution in [3.63, 3.8) is 0 Å². The Bertz CT molecular complexity index is 451. The minimum Gasteiger partial charge on any atom is -0.399 e. The highest BCUT2D eigenvalue weighted by Crippen LogP contribution is 2.18. The minimum absolute atomic E-state index is 0.0295. The number of hydrogen-bond acceptors (Lipinski definition) is 4. The second-order valence-electron chi connectivity index (χ2n) is 5.16. The van der Waals surface area contributed by atoms with E-state index < -0.39 is 0 Å². The quantitative estimate of drug-likeness (QED) is 0.759. The average Bonchev–Trinajstić information content (AvgIpc) is 2.40. The molecule has 20 heavy (non-hydrogen) atoms. The highest BCUT2D eigenvalue weighted by molar-refractivity contribution is 7.98. The number of nitrogens with zero attached hydrogens (tertiary/aromatic N) is 1. The Morgan fingerprint density at radius 1 is 1.50 bits per heavy atom. The number of rotatable bonds is 7. The van der Waals surface area contributed by atoms with Crippen LogP contribution < -0.4 is 11.1 Å². The van der Waals surface area contributed by atoms with Crippen LogP contribution in [0.2, 0.25) is 0 Å². The van der Waals surface area contributed by atoms with E-state index in [2.05, 4.69) is 30.4 Å². The SMILES string of the molecule is CSCC(C)N(C)CCC(=O)Nc1cc(N)ccc1C. The third-order valence-electron chi connectivity index (χ3n) is 3.39. The Morgan fingerprint density at radius 3 is 2.85 bits per heavy atom. The largest absolute Gasteiger partial charge is 0.399 e. The lowest BCUT2D eigenvalue weighted by atomic mass is 10.2. The first-order valence-electron chi connectivity index (χ1n) is 6.79. The number of thioether (sulfide) groups is 1. The molecule has 0 fully saturated rings. The minimum atomic E-state index is 0.0295. The molecule has 1 aromatic rings. The van der Waals surface area contributed by atoms with Crippen LogP contribution in [-0.2, 0) is 4.79 Å². The van der Waals surface area contributed by atoms with Crippen molar-refractivity contribution in [3.05, 3.63) is 23.8 Å². The normalized spacial score (nSPS) is 12.4. The van der Waals surface area contributed by atoms with Gasteiger partial charge in [-0.15, -0.1) is 0 Å². The molecule has 1 amide bonds. The molecular formula is C15H25N3OS. The van der Waals surface area contributed by atoms with Crippen LogP contribution in [0.3, 0.4) is 0 Å². The second kappa shape index (κ2) is 8.17. The smallest absolute Gasteiger partial charge is 0.225 e. The molecule has 5 heteroatoms. The lowest BCUT2D eigenvalue weighted by Gasteiger charge is -2.23. The summed E-state index contributed by atoms with van der Waals surface area (Å²) >= 11 is 1.82. The molecule has 1 unspecified atom stereocenters. The van der Waals surface area contributed by atoms with Crippen LogP contribution in [-0.4, -0.2) is 42.4 Å². The van der Waals surface area contributed by atoms with Crippen LogP contribution in [0.15, 0.2) is 18.2 Å². The maximum absolute atomic E-state index is 12.0. The zero-order chi connectivity index (χ0) is 15.1. The van der Waals surface area contributed by atoms with E-state index in [0.29, 0.717) is 18.2 Å². The Balaban J connectivity index is 2.46. The highest BCUT2D eigenvalue weighted by atomic mass is 32.2. The summed E-state index contributed by atoms with van der Waals surface area (Å²) in [6, 6.07) is 6.03. The van der Waals surface area contributed by atoms with E-state index in [1.807, 2.05) is 30.8 Å². The van der Waals surface area contributed by atoms with Crippen LogP contribution >= 0.6 is 11.8 Å². The lowest BCUT2D eigenvalue weighted by Crippen LogP contribution is -2.33. The topological polar surface area (TPSA) is 58.4 Å². The second-order valence-corrected chi connectivity index (χ2v) is 6.07. The van der Waals surface area contributed by atoms with Crippen LogP contribution in [0.1, 0.15) is 18.9 Å². The van der Waals surface area contributed by atoms with Crippen molar-refractivity contribution >= 4 is 29.0 Å². The number of benzene rings is 1. The number of carbonyl (C=O) groups excluding carboxylic acids is 1. The molecule has 0 heterocycles. The maximum atomic E-state index is 12.0. The summed E-state index contributed by atoms with van der Waals surface area (Å²) in [5, 5.41) is 2.93. The van der Waals surface area contributed by atoms with E-state index in [1.165, 1.54) is 0 Å². The average molecular weight is 295 g/mol. The van der Waals surface area contributed by atoms with Crippen molar-refractivity contribution in [3.8, 4) is 0 Å². The van der Waals surface area contributed by atoms with E-state index in [1.54, 1.807) is 6.07 Å². The molecule has 112 valence electrons. The van der Waals surface area contributed by atoms with E-state index in [4.69, 9.17) is 5.73 Å². The van der Waals surface area contributed by atoms with Gasteiger partial charge in [-0.3, -0.25) is 4.79 Å². The number of nitrogens with two attached hydrogens (primary N) is 1. The predicted molar refractivity (Wildman–Crippen MR) is 89.3 cm³/mol. The molecule has 0 aliphatic heterocycles. The zero-order valence-corrected chi connectivity index (χ0v) is 13.6. The molecule has 0 aliphatic carbocycles.